The van der Waals surface area contributed by atoms with Crippen LogP contribution >= 0.6 is 23.2 Å². The fourth-order valence-corrected chi connectivity index (χ4v) is 1.40. The van der Waals surface area contributed by atoms with Crippen molar-refractivity contribution in [1.29, 1.82) is 0 Å². The number of hydrogen-bond acceptors (Lipinski definition) is 2. The molecule has 0 spiro atoms. The zero-order chi connectivity index (χ0) is 9.14. The zero-order valence-corrected chi connectivity index (χ0v) is 8.02. The fourth-order valence-electron chi connectivity index (χ4n) is 0.852. The Balaban J connectivity index is 3.18. The minimum Gasteiger partial charge on any atom is -0.323 e. The van der Waals surface area contributed by atoms with Crippen LogP contribution in [0.4, 0.5) is 0 Å². The third-order valence-corrected chi connectivity index (χ3v) is 2.06. The second-order valence-electron chi connectivity index (χ2n) is 2.34. The topological polar surface area (TPSA) is 38.4 Å². The summed E-state index contributed by atoms with van der Waals surface area (Å²) >= 11 is 11.6. The van der Waals surface area contributed by atoms with E-state index in [0.29, 0.717) is 15.8 Å². The van der Waals surface area contributed by atoms with Crippen LogP contribution in [0.25, 0.3) is 0 Å². The Morgan fingerprint density at radius 2 is 2.08 bits per heavy atom. The van der Waals surface area contributed by atoms with E-state index in [0.717, 1.165) is 5.56 Å². The van der Waals surface area contributed by atoms with Crippen LogP contribution in [-0.4, -0.2) is 5.71 Å². The monoisotopic (exact) mass is 202 g/mol. The molecule has 64 valence electrons. The Hall–Kier alpha value is -0.730. The molecule has 0 radical (unpaired) electrons. The smallest absolute Gasteiger partial charge is 0.0656 e. The van der Waals surface area contributed by atoms with Crippen molar-refractivity contribution in [2.45, 2.75) is 6.92 Å². The average Bonchev–Trinajstić information content (AvgIpc) is 2.03. The molecule has 0 atom stereocenters. The van der Waals surface area contributed by atoms with Gasteiger partial charge < -0.3 is 5.84 Å². The van der Waals surface area contributed by atoms with Crippen LogP contribution in [-0.2, 0) is 0 Å². The standard InChI is InChI=1S/C8H8Cl2N2/c1-5(12-11)7-3-2-6(9)4-8(7)10/h2-4H,11H2,1H3/b12-5+. The SMILES string of the molecule is C/C(=N\N)c1ccc(Cl)cc1Cl. The Morgan fingerprint density at radius 3 is 2.58 bits per heavy atom. The van der Waals surface area contributed by atoms with Crippen molar-refractivity contribution in [3.63, 3.8) is 0 Å². The van der Waals surface area contributed by atoms with Crippen LogP contribution in [0, 0.1) is 0 Å². The van der Waals surface area contributed by atoms with Crippen molar-refractivity contribution in [3.05, 3.63) is 33.8 Å². The first-order valence-corrected chi connectivity index (χ1v) is 4.10. The van der Waals surface area contributed by atoms with Crippen LogP contribution in [0.15, 0.2) is 23.3 Å². The summed E-state index contributed by atoms with van der Waals surface area (Å²) in [6.45, 7) is 1.79. The maximum atomic E-state index is 5.88. The number of halogens is 2. The number of hydrazone groups is 1. The minimum absolute atomic E-state index is 0.564. The maximum Gasteiger partial charge on any atom is 0.0656 e. The van der Waals surface area contributed by atoms with E-state index in [9.17, 15) is 0 Å². The van der Waals surface area contributed by atoms with E-state index in [1.165, 1.54) is 0 Å². The summed E-state index contributed by atoms with van der Waals surface area (Å²) in [5, 5.41) is 4.71. The summed E-state index contributed by atoms with van der Waals surface area (Å²) in [6.07, 6.45) is 0. The molecular weight excluding hydrogens is 195 g/mol. The van der Waals surface area contributed by atoms with Crippen molar-refractivity contribution in [2.75, 3.05) is 0 Å². The highest BCUT2D eigenvalue weighted by Crippen LogP contribution is 2.21. The summed E-state index contributed by atoms with van der Waals surface area (Å²) in [6, 6.07) is 5.20. The van der Waals surface area contributed by atoms with Gasteiger partial charge in [0.25, 0.3) is 0 Å². The quantitative estimate of drug-likeness (QED) is 0.425. The van der Waals surface area contributed by atoms with Crippen LogP contribution in [0.1, 0.15) is 12.5 Å². The number of nitrogens with two attached hydrogens (primary N) is 1. The Kier molecular flexibility index (Phi) is 2.95. The van der Waals surface area contributed by atoms with Gasteiger partial charge in [0.1, 0.15) is 0 Å². The molecule has 1 aromatic rings. The van der Waals surface area contributed by atoms with E-state index in [4.69, 9.17) is 29.0 Å². The second kappa shape index (κ2) is 3.78. The summed E-state index contributed by atoms with van der Waals surface area (Å²) < 4.78 is 0. The van der Waals surface area contributed by atoms with E-state index in [-0.39, 0.29) is 0 Å². The molecule has 0 amide bonds. The van der Waals surface area contributed by atoms with Gasteiger partial charge in [-0.2, -0.15) is 5.10 Å². The largest absolute Gasteiger partial charge is 0.323 e. The van der Waals surface area contributed by atoms with Gasteiger partial charge in [-0.25, -0.2) is 0 Å². The van der Waals surface area contributed by atoms with Gasteiger partial charge >= 0.3 is 0 Å². The molecule has 1 aromatic carbocycles. The van der Waals surface area contributed by atoms with Gasteiger partial charge in [-0.05, 0) is 19.1 Å². The molecule has 2 nitrogen and oxygen atoms in total. The van der Waals surface area contributed by atoms with Crippen LogP contribution < -0.4 is 5.84 Å². The van der Waals surface area contributed by atoms with Gasteiger partial charge in [-0.15, -0.1) is 0 Å². The molecule has 0 saturated carbocycles. The lowest BCUT2D eigenvalue weighted by molar-refractivity contribution is 1.24. The molecule has 0 aliphatic rings. The van der Waals surface area contributed by atoms with Crippen molar-refractivity contribution in [2.24, 2.45) is 10.9 Å². The highest BCUT2D eigenvalue weighted by atomic mass is 35.5. The third kappa shape index (κ3) is 1.90. The van der Waals surface area contributed by atoms with Crippen molar-refractivity contribution < 1.29 is 0 Å². The summed E-state index contributed by atoms with van der Waals surface area (Å²) in [5.74, 6) is 5.11. The van der Waals surface area contributed by atoms with E-state index in [1.807, 2.05) is 0 Å². The zero-order valence-electron chi connectivity index (χ0n) is 6.51. The van der Waals surface area contributed by atoms with Crippen LogP contribution in [0.3, 0.4) is 0 Å². The maximum absolute atomic E-state index is 5.88. The van der Waals surface area contributed by atoms with E-state index >= 15 is 0 Å². The first kappa shape index (κ1) is 9.36. The fraction of sp³-hybridized carbons (Fsp3) is 0.125. The third-order valence-electron chi connectivity index (χ3n) is 1.51. The molecular formula is C8H8Cl2N2. The number of hydrogen-bond donors (Lipinski definition) is 1. The minimum atomic E-state index is 0.564. The average molecular weight is 203 g/mol. The van der Waals surface area contributed by atoms with Gasteiger partial charge in [0.15, 0.2) is 0 Å². The molecule has 0 aromatic heterocycles. The van der Waals surface area contributed by atoms with Gasteiger partial charge in [0.2, 0.25) is 0 Å². The molecule has 4 heteroatoms. The predicted octanol–water partition coefficient (Wildman–Crippen LogP) is 2.68. The second-order valence-corrected chi connectivity index (χ2v) is 3.18. The molecule has 0 aliphatic heterocycles. The molecule has 0 fully saturated rings. The summed E-state index contributed by atoms with van der Waals surface area (Å²) in [4.78, 5) is 0. The molecule has 0 heterocycles. The molecule has 0 unspecified atom stereocenters. The lowest BCUT2D eigenvalue weighted by Crippen LogP contribution is -1.99. The van der Waals surface area contributed by atoms with E-state index < -0.39 is 0 Å². The Bertz CT molecular complexity index is 321. The van der Waals surface area contributed by atoms with Gasteiger partial charge in [0, 0.05) is 10.6 Å². The number of benzene rings is 1. The van der Waals surface area contributed by atoms with Gasteiger partial charge in [-0.3, -0.25) is 0 Å². The van der Waals surface area contributed by atoms with Crippen molar-refractivity contribution in [3.8, 4) is 0 Å². The normalized spacial score (nSPS) is 11.8. The lowest BCUT2D eigenvalue weighted by atomic mass is 10.1. The lowest BCUT2D eigenvalue weighted by Gasteiger charge is -2.01. The first-order valence-electron chi connectivity index (χ1n) is 3.35. The number of rotatable bonds is 1. The summed E-state index contributed by atoms with van der Waals surface area (Å²) in [5.41, 5.74) is 1.50. The van der Waals surface area contributed by atoms with E-state index in [1.54, 1.807) is 25.1 Å². The molecule has 1 rings (SSSR count). The Labute approximate surface area is 81.0 Å². The molecule has 0 aliphatic carbocycles. The van der Waals surface area contributed by atoms with Crippen LogP contribution in [0.2, 0.25) is 10.0 Å². The highest BCUT2D eigenvalue weighted by Gasteiger charge is 2.03. The van der Waals surface area contributed by atoms with Gasteiger partial charge in [-0.1, -0.05) is 29.3 Å². The van der Waals surface area contributed by atoms with Crippen LogP contribution in [0.5, 0.6) is 0 Å². The first-order chi connectivity index (χ1) is 5.65. The molecule has 0 saturated heterocycles. The predicted molar refractivity (Wildman–Crippen MR) is 52.9 cm³/mol. The molecule has 2 N–H and O–H groups in total. The van der Waals surface area contributed by atoms with Gasteiger partial charge in [0.05, 0.1) is 10.7 Å². The van der Waals surface area contributed by atoms with E-state index in [2.05, 4.69) is 5.10 Å². The molecule has 0 bridgehead atoms. The van der Waals surface area contributed by atoms with Crippen molar-refractivity contribution >= 4 is 28.9 Å². The summed E-state index contributed by atoms with van der Waals surface area (Å²) in [7, 11) is 0. The Morgan fingerprint density at radius 1 is 1.42 bits per heavy atom. The molecule has 12 heavy (non-hydrogen) atoms. The highest BCUT2D eigenvalue weighted by molar-refractivity contribution is 6.36. The number of nitrogens with zero attached hydrogens (tertiary/aromatic N) is 1. The van der Waals surface area contributed by atoms with Crippen molar-refractivity contribution in [1.82, 2.24) is 0 Å².